The molecule has 27 heavy (non-hydrogen) atoms. The van der Waals surface area contributed by atoms with Crippen molar-refractivity contribution in [2.24, 2.45) is 7.05 Å². The van der Waals surface area contributed by atoms with Crippen LogP contribution >= 0.6 is 0 Å². The molecular weight excluding hydrogens is 361 g/mol. The SMILES string of the molecule is CN(Cc1ccn(C)n1)C(=O)c1cc2nc(C3CC3)cc(C(F)(F)F)n2n1. The van der Waals surface area contributed by atoms with Crippen molar-refractivity contribution in [2.75, 3.05) is 7.05 Å². The molecule has 0 radical (unpaired) electrons. The molecule has 0 saturated heterocycles. The number of amides is 1. The summed E-state index contributed by atoms with van der Waals surface area (Å²) >= 11 is 0. The zero-order valence-electron chi connectivity index (χ0n) is 14.7. The highest BCUT2D eigenvalue weighted by Crippen LogP contribution is 2.41. The van der Waals surface area contributed by atoms with Crippen LogP contribution in [0.25, 0.3) is 5.65 Å². The van der Waals surface area contributed by atoms with Crippen LogP contribution in [0.15, 0.2) is 24.4 Å². The van der Waals surface area contributed by atoms with Gasteiger partial charge in [-0.3, -0.25) is 9.48 Å². The second-order valence-corrected chi connectivity index (χ2v) is 6.78. The number of halogens is 3. The molecule has 3 heterocycles. The number of aromatic nitrogens is 5. The number of fused-ring (bicyclic) bond motifs is 1. The summed E-state index contributed by atoms with van der Waals surface area (Å²) in [6.07, 6.45) is -1.19. The van der Waals surface area contributed by atoms with Gasteiger partial charge in [-0.1, -0.05) is 0 Å². The Kier molecular flexibility index (Phi) is 3.93. The lowest BCUT2D eigenvalue weighted by molar-refractivity contribution is -0.142. The minimum atomic E-state index is -4.59. The molecule has 1 aliphatic carbocycles. The summed E-state index contributed by atoms with van der Waals surface area (Å²) in [7, 11) is 3.31. The normalized spacial score (nSPS) is 14.7. The highest BCUT2D eigenvalue weighted by Gasteiger charge is 2.37. The minimum Gasteiger partial charge on any atom is -0.334 e. The Morgan fingerprint density at radius 3 is 2.63 bits per heavy atom. The molecule has 1 aliphatic rings. The summed E-state index contributed by atoms with van der Waals surface area (Å²) in [6.45, 7) is 0.223. The maximum absolute atomic E-state index is 13.4. The van der Waals surface area contributed by atoms with Crippen molar-refractivity contribution in [3.8, 4) is 0 Å². The maximum atomic E-state index is 13.4. The van der Waals surface area contributed by atoms with Gasteiger partial charge in [-0.15, -0.1) is 0 Å². The van der Waals surface area contributed by atoms with Crippen molar-refractivity contribution < 1.29 is 18.0 Å². The van der Waals surface area contributed by atoms with Crippen molar-refractivity contribution in [1.29, 1.82) is 0 Å². The first-order valence-electron chi connectivity index (χ1n) is 8.44. The fourth-order valence-corrected chi connectivity index (χ4v) is 2.95. The number of hydrogen-bond donors (Lipinski definition) is 0. The topological polar surface area (TPSA) is 68.3 Å². The van der Waals surface area contributed by atoms with Crippen molar-refractivity contribution in [3.63, 3.8) is 0 Å². The molecule has 0 spiro atoms. The van der Waals surface area contributed by atoms with Crippen molar-refractivity contribution in [3.05, 3.63) is 47.2 Å². The Hall–Kier alpha value is -2.91. The largest absolute Gasteiger partial charge is 0.433 e. The van der Waals surface area contributed by atoms with E-state index in [0.717, 1.165) is 18.9 Å². The van der Waals surface area contributed by atoms with Crippen LogP contribution in [0.5, 0.6) is 0 Å². The van der Waals surface area contributed by atoms with E-state index in [1.54, 1.807) is 31.0 Å². The number of carbonyl (C=O) groups excluding carboxylic acids is 1. The van der Waals surface area contributed by atoms with Gasteiger partial charge in [0.2, 0.25) is 0 Å². The molecule has 142 valence electrons. The van der Waals surface area contributed by atoms with E-state index in [2.05, 4.69) is 15.2 Å². The number of aryl methyl sites for hydroxylation is 1. The van der Waals surface area contributed by atoms with Crippen molar-refractivity contribution in [2.45, 2.75) is 31.5 Å². The molecule has 3 aromatic heterocycles. The van der Waals surface area contributed by atoms with Gasteiger partial charge >= 0.3 is 6.18 Å². The lowest BCUT2D eigenvalue weighted by atomic mass is 10.2. The standard InChI is InChI=1S/C17H17F3N6O/c1-24(9-11-5-6-25(2)22-11)16(27)13-8-15-21-12(10-3-4-10)7-14(17(18,19)20)26(15)23-13/h5-8,10H,3-4,9H2,1-2H3. The van der Waals surface area contributed by atoms with Crippen LogP contribution in [-0.2, 0) is 19.8 Å². The molecule has 1 saturated carbocycles. The lowest BCUT2D eigenvalue weighted by Gasteiger charge is -2.14. The Balaban J connectivity index is 1.68. The van der Waals surface area contributed by atoms with E-state index in [-0.39, 0.29) is 23.8 Å². The highest BCUT2D eigenvalue weighted by atomic mass is 19.4. The van der Waals surface area contributed by atoms with Crippen LogP contribution in [0.2, 0.25) is 0 Å². The summed E-state index contributed by atoms with van der Waals surface area (Å²) in [4.78, 5) is 18.3. The van der Waals surface area contributed by atoms with E-state index < -0.39 is 17.8 Å². The molecule has 1 fully saturated rings. The van der Waals surface area contributed by atoms with Gasteiger partial charge in [-0.25, -0.2) is 9.50 Å². The quantitative estimate of drug-likeness (QED) is 0.700. The van der Waals surface area contributed by atoms with Gasteiger partial charge in [0.15, 0.2) is 11.3 Å². The Labute approximate surface area is 152 Å². The number of nitrogens with zero attached hydrogens (tertiary/aromatic N) is 6. The first kappa shape index (κ1) is 17.5. The second-order valence-electron chi connectivity index (χ2n) is 6.78. The molecule has 10 heteroatoms. The second kappa shape index (κ2) is 6.07. The molecular formula is C17H17F3N6O. The molecule has 1 amide bonds. The third-order valence-corrected chi connectivity index (χ3v) is 4.47. The Morgan fingerprint density at radius 1 is 1.30 bits per heavy atom. The molecule has 0 bridgehead atoms. The molecule has 0 atom stereocenters. The number of carbonyl (C=O) groups is 1. The van der Waals surface area contributed by atoms with E-state index >= 15 is 0 Å². The van der Waals surface area contributed by atoms with Gasteiger partial charge in [-0.05, 0) is 25.0 Å². The molecule has 0 aliphatic heterocycles. The van der Waals surface area contributed by atoms with Crippen LogP contribution in [0, 0.1) is 0 Å². The minimum absolute atomic E-state index is 0.0290. The molecule has 0 N–H and O–H groups in total. The summed E-state index contributed by atoms with van der Waals surface area (Å²) in [6, 6.07) is 4.10. The zero-order chi connectivity index (χ0) is 19.3. The summed E-state index contributed by atoms with van der Waals surface area (Å²) < 4.78 is 42.6. The summed E-state index contributed by atoms with van der Waals surface area (Å²) in [5.41, 5.74) is 0.0966. The fraction of sp³-hybridized carbons (Fsp3) is 0.412. The first-order valence-corrected chi connectivity index (χ1v) is 8.44. The average molecular weight is 378 g/mol. The van der Waals surface area contributed by atoms with Crippen LogP contribution in [0.4, 0.5) is 13.2 Å². The lowest BCUT2D eigenvalue weighted by Crippen LogP contribution is -2.27. The number of alkyl halides is 3. The van der Waals surface area contributed by atoms with Gasteiger partial charge < -0.3 is 4.90 Å². The van der Waals surface area contributed by atoms with E-state index in [9.17, 15) is 18.0 Å². The maximum Gasteiger partial charge on any atom is 0.433 e. The third kappa shape index (κ3) is 3.38. The predicted octanol–water partition coefficient (Wildman–Crippen LogP) is 2.63. The molecule has 7 nitrogen and oxygen atoms in total. The van der Waals surface area contributed by atoms with E-state index in [0.29, 0.717) is 15.9 Å². The van der Waals surface area contributed by atoms with E-state index in [4.69, 9.17) is 0 Å². The van der Waals surface area contributed by atoms with Crippen molar-refractivity contribution in [1.82, 2.24) is 29.3 Å². The van der Waals surface area contributed by atoms with Gasteiger partial charge in [0.1, 0.15) is 5.69 Å². The monoisotopic (exact) mass is 378 g/mol. The Bertz CT molecular complexity index is 1020. The van der Waals surface area contributed by atoms with Crippen LogP contribution in [-0.4, -0.2) is 42.2 Å². The van der Waals surface area contributed by atoms with Gasteiger partial charge in [0.05, 0.1) is 12.2 Å². The first-order chi connectivity index (χ1) is 12.7. The number of rotatable bonds is 4. The van der Waals surface area contributed by atoms with Crippen LogP contribution in [0.1, 0.15) is 46.3 Å². The zero-order valence-corrected chi connectivity index (χ0v) is 14.7. The summed E-state index contributed by atoms with van der Waals surface area (Å²) in [5.74, 6) is -0.441. The third-order valence-electron chi connectivity index (χ3n) is 4.47. The molecule has 4 rings (SSSR count). The van der Waals surface area contributed by atoms with Crippen molar-refractivity contribution >= 4 is 11.6 Å². The summed E-state index contributed by atoms with van der Waals surface area (Å²) in [5, 5.41) is 8.08. The molecule has 3 aromatic rings. The molecule has 0 aromatic carbocycles. The number of hydrogen-bond acceptors (Lipinski definition) is 4. The van der Waals surface area contributed by atoms with E-state index in [1.807, 2.05) is 0 Å². The van der Waals surface area contributed by atoms with E-state index in [1.165, 1.54) is 11.0 Å². The van der Waals surface area contributed by atoms with Crippen LogP contribution in [0.3, 0.4) is 0 Å². The fourth-order valence-electron chi connectivity index (χ4n) is 2.95. The Morgan fingerprint density at radius 2 is 2.04 bits per heavy atom. The van der Waals surface area contributed by atoms with Crippen LogP contribution < -0.4 is 0 Å². The molecule has 0 unspecified atom stereocenters. The smallest absolute Gasteiger partial charge is 0.334 e. The van der Waals surface area contributed by atoms with Gasteiger partial charge in [0, 0.05) is 38.0 Å². The van der Waals surface area contributed by atoms with Gasteiger partial charge in [0.25, 0.3) is 5.91 Å². The average Bonchev–Trinajstić information content (AvgIpc) is 3.23. The van der Waals surface area contributed by atoms with Gasteiger partial charge in [-0.2, -0.15) is 23.4 Å². The predicted molar refractivity (Wildman–Crippen MR) is 89.0 cm³/mol. The highest BCUT2D eigenvalue weighted by molar-refractivity contribution is 5.93.